The van der Waals surface area contributed by atoms with E-state index in [4.69, 9.17) is 0 Å². The van der Waals surface area contributed by atoms with Gasteiger partial charge in [-0.1, -0.05) is 18.2 Å². The number of nitrogens with one attached hydrogen (secondary N) is 2. The van der Waals surface area contributed by atoms with E-state index in [1.807, 2.05) is 6.07 Å². The van der Waals surface area contributed by atoms with Crippen LogP contribution < -0.4 is 10.6 Å². The maximum atomic E-state index is 11.7. The number of carbonyl (C=O) groups is 2. The van der Waals surface area contributed by atoms with Crippen molar-refractivity contribution in [1.82, 2.24) is 10.3 Å². The second-order valence-corrected chi connectivity index (χ2v) is 4.16. The van der Waals surface area contributed by atoms with Gasteiger partial charge in [0.2, 0.25) is 5.91 Å². The molecule has 0 bridgehead atoms. The fourth-order valence-corrected chi connectivity index (χ4v) is 1.64. The minimum absolute atomic E-state index is 0.149. The van der Waals surface area contributed by atoms with E-state index in [0.29, 0.717) is 17.8 Å². The zero-order chi connectivity index (χ0) is 14.2. The van der Waals surface area contributed by atoms with Crippen LogP contribution in [0.25, 0.3) is 0 Å². The molecule has 2 rings (SSSR count). The first-order valence-corrected chi connectivity index (χ1v) is 6.29. The first kappa shape index (κ1) is 13.7. The number of nitrogens with zero attached hydrogens (tertiary/aromatic N) is 1. The Morgan fingerprint density at radius 3 is 2.40 bits per heavy atom. The van der Waals surface area contributed by atoms with Crippen LogP contribution in [0.15, 0.2) is 54.9 Å². The van der Waals surface area contributed by atoms with E-state index in [0.717, 1.165) is 0 Å². The summed E-state index contributed by atoms with van der Waals surface area (Å²) in [7, 11) is 0. The fourth-order valence-electron chi connectivity index (χ4n) is 1.64. The van der Waals surface area contributed by atoms with Crippen molar-refractivity contribution in [3.63, 3.8) is 0 Å². The average molecular weight is 269 g/mol. The molecule has 0 aliphatic heterocycles. The fraction of sp³-hybridized carbons (Fsp3) is 0.133. The Hall–Kier alpha value is -2.69. The molecule has 0 unspecified atom stereocenters. The lowest BCUT2D eigenvalue weighted by Crippen LogP contribution is -2.27. The molecular weight excluding hydrogens is 254 g/mol. The molecule has 1 aromatic carbocycles. The number of hydrogen-bond acceptors (Lipinski definition) is 3. The van der Waals surface area contributed by atoms with Gasteiger partial charge < -0.3 is 10.6 Å². The number of benzene rings is 1. The van der Waals surface area contributed by atoms with Gasteiger partial charge in [0.1, 0.15) is 0 Å². The molecule has 1 heterocycles. The quantitative estimate of drug-likeness (QED) is 0.870. The van der Waals surface area contributed by atoms with Gasteiger partial charge in [-0.15, -0.1) is 0 Å². The molecule has 0 radical (unpaired) electrons. The summed E-state index contributed by atoms with van der Waals surface area (Å²) in [5, 5.41) is 5.43. The molecule has 0 atom stereocenters. The summed E-state index contributed by atoms with van der Waals surface area (Å²) in [6, 6.07) is 12.3. The van der Waals surface area contributed by atoms with E-state index in [1.165, 1.54) is 0 Å². The van der Waals surface area contributed by atoms with Gasteiger partial charge >= 0.3 is 0 Å². The van der Waals surface area contributed by atoms with Crippen LogP contribution in [0.3, 0.4) is 0 Å². The molecule has 2 N–H and O–H groups in total. The van der Waals surface area contributed by atoms with Crippen LogP contribution in [-0.2, 0) is 4.79 Å². The predicted molar refractivity (Wildman–Crippen MR) is 76.3 cm³/mol. The van der Waals surface area contributed by atoms with Crippen molar-refractivity contribution in [2.75, 3.05) is 11.9 Å². The Morgan fingerprint density at radius 2 is 1.70 bits per heavy atom. The number of rotatable bonds is 5. The lowest BCUT2D eigenvalue weighted by molar-refractivity contribution is -0.116. The molecule has 0 saturated heterocycles. The standard InChI is InChI=1S/C15H15N3O2/c19-14(18-13-6-9-16-10-7-13)8-11-17-15(20)12-4-2-1-3-5-12/h1-7,9-10H,8,11H2,(H,17,20)(H,16,18,19). The van der Waals surface area contributed by atoms with Crippen LogP contribution in [0.5, 0.6) is 0 Å². The van der Waals surface area contributed by atoms with Gasteiger partial charge in [0.05, 0.1) is 0 Å². The average Bonchev–Trinajstić information content (AvgIpc) is 2.49. The highest BCUT2D eigenvalue weighted by Crippen LogP contribution is 2.03. The van der Waals surface area contributed by atoms with Gasteiger partial charge in [-0.05, 0) is 24.3 Å². The van der Waals surface area contributed by atoms with Crippen molar-refractivity contribution in [1.29, 1.82) is 0 Å². The topological polar surface area (TPSA) is 71.1 Å². The maximum Gasteiger partial charge on any atom is 0.251 e. The highest BCUT2D eigenvalue weighted by Gasteiger charge is 2.06. The molecule has 0 aliphatic carbocycles. The Kier molecular flexibility index (Phi) is 4.83. The molecule has 20 heavy (non-hydrogen) atoms. The number of amides is 2. The third-order valence-electron chi connectivity index (χ3n) is 2.64. The third-order valence-corrected chi connectivity index (χ3v) is 2.64. The van der Waals surface area contributed by atoms with Gasteiger partial charge in [-0.2, -0.15) is 0 Å². The molecule has 5 heteroatoms. The normalized spacial score (nSPS) is 9.80. The molecule has 5 nitrogen and oxygen atoms in total. The van der Waals surface area contributed by atoms with Gasteiger partial charge in [0, 0.05) is 36.6 Å². The molecule has 0 aliphatic rings. The number of hydrogen-bond donors (Lipinski definition) is 2. The van der Waals surface area contributed by atoms with Crippen molar-refractivity contribution >= 4 is 17.5 Å². The SMILES string of the molecule is O=C(CCNC(=O)c1ccccc1)Nc1ccncc1. The summed E-state index contributed by atoms with van der Waals surface area (Å²) in [6.07, 6.45) is 3.43. The van der Waals surface area contributed by atoms with Crippen LogP contribution in [-0.4, -0.2) is 23.3 Å². The van der Waals surface area contributed by atoms with Gasteiger partial charge in [0.25, 0.3) is 5.91 Å². The lowest BCUT2D eigenvalue weighted by Gasteiger charge is -2.06. The van der Waals surface area contributed by atoms with E-state index in [9.17, 15) is 9.59 Å². The van der Waals surface area contributed by atoms with Crippen LogP contribution >= 0.6 is 0 Å². The maximum absolute atomic E-state index is 11.7. The molecule has 0 saturated carbocycles. The van der Waals surface area contributed by atoms with Gasteiger partial charge in [-0.25, -0.2) is 0 Å². The highest BCUT2D eigenvalue weighted by atomic mass is 16.2. The van der Waals surface area contributed by atoms with E-state index in [2.05, 4.69) is 15.6 Å². The van der Waals surface area contributed by atoms with E-state index >= 15 is 0 Å². The van der Waals surface area contributed by atoms with Crippen molar-refractivity contribution in [2.24, 2.45) is 0 Å². The number of aromatic nitrogens is 1. The molecule has 0 spiro atoms. The van der Waals surface area contributed by atoms with Gasteiger partial charge in [-0.3, -0.25) is 14.6 Å². The molecule has 102 valence electrons. The second-order valence-electron chi connectivity index (χ2n) is 4.16. The smallest absolute Gasteiger partial charge is 0.251 e. The molecule has 2 amide bonds. The van der Waals surface area contributed by atoms with Crippen molar-refractivity contribution in [3.8, 4) is 0 Å². The second kappa shape index (κ2) is 7.04. The van der Waals surface area contributed by atoms with Gasteiger partial charge in [0.15, 0.2) is 0 Å². The summed E-state index contributed by atoms with van der Waals surface area (Å²) >= 11 is 0. The zero-order valence-corrected chi connectivity index (χ0v) is 10.9. The Labute approximate surface area is 117 Å². The van der Waals surface area contributed by atoms with Crippen LogP contribution in [0.2, 0.25) is 0 Å². The summed E-state index contributed by atoms with van der Waals surface area (Å²) in [5.74, 6) is -0.327. The predicted octanol–water partition coefficient (Wildman–Crippen LogP) is 1.84. The first-order valence-electron chi connectivity index (χ1n) is 6.29. The Morgan fingerprint density at radius 1 is 1.00 bits per heavy atom. The zero-order valence-electron chi connectivity index (χ0n) is 10.9. The monoisotopic (exact) mass is 269 g/mol. The highest BCUT2D eigenvalue weighted by molar-refractivity contribution is 5.95. The molecular formula is C15H15N3O2. The molecule has 2 aromatic rings. The largest absolute Gasteiger partial charge is 0.352 e. The summed E-state index contributed by atoms with van der Waals surface area (Å²) < 4.78 is 0. The number of pyridine rings is 1. The van der Waals surface area contributed by atoms with Crippen molar-refractivity contribution in [3.05, 3.63) is 60.4 Å². The summed E-state index contributed by atoms with van der Waals surface area (Å²) in [6.45, 7) is 0.296. The number of anilines is 1. The lowest BCUT2D eigenvalue weighted by atomic mass is 10.2. The molecule has 1 aromatic heterocycles. The van der Waals surface area contributed by atoms with E-state index in [-0.39, 0.29) is 18.2 Å². The Bertz CT molecular complexity index is 570. The van der Waals surface area contributed by atoms with Crippen molar-refractivity contribution in [2.45, 2.75) is 6.42 Å². The van der Waals surface area contributed by atoms with Crippen LogP contribution in [0.1, 0.15) is 16.8 Å². The Balaban J connectivity index is 1.73. The summed E-state index contributed by atoms with van der Waals surface area (Å²) in [4.78, 5) is 27.2. The van der Waals surface area contributed by atoms with E-state index < -0.39 is 0 Å². The first-order chi connectivity index (χ1) is 9.75. The minimum atomic E-state index is -0.178. The summed E-state index contributed by atoms with van der Waals surface area (Å²) in [5.41, 5.74) is 1.28. The van der Waals surface area contributed by atoms with E-state index in [1.54, 1.807) is 48.8 Å². The van der Waals surface area contributed by atoms with Crippen molar-refractivity contribution < 1.29 is 9.59 Å². The van der Waals surface area contributed by atoms with Crippen LogP contribution in [0.4, 0.5) is 5.69 Å². The van der Waals surface area contributed by atoms with Crippen LogP contribution in [0, 0.1) is 0 Å². The molecule has 0 fully saturated rings. The number of carbonyl (C=O) groups excluding carboxylic acids is 2. The third kappa shape index (κ3) is 4.20. The minimum Gasteiger partial charge on any atom is -0.352 e.